The summed E-state index contributed by atoms with van der Waals surface area (Å²) in [6.07, 6.45) is 1.95. The number of hydrogen-bond acceptors (Lipinski definition) is 3. The van der Waals surface area contributed by atoms with E-state index in [2.05, 4.69) is 68.8 Å². The number of aromatic nitrogens is 4. The first kappa shape index (κ1) is 20.6. The van der Waals surface area contributed by atoms with Gasteiger partial charge in [0, 0.05) is 31.3 Å². The van der Waals surface area contributed by atoms with Crippen LogP contribution in [-0.2, 0) is 17.7 Å². The summed E-state index contributed by atoms with van der Waals surface area (Å²) in [6, 6.07) is 6.78. The van der Waals surface area contributed by atoms with Crippen molar-refractivity contribution in [1.29, 1.82) is 0 Å². The molecule has 0 saturated heterocycles. The summed E-state index contributed by atoms with van der Waals surface area (Å²) in [4.78, 5) is 5.05. The fourth-order valence-electron chi connectivity index (χ4n) is 4.85. The molecule has 0 N–H and O–H groups in total. The Hall–Kier alpha value is -2.66. The molecule has 3 heterocycles. The zero-order chi connectivity index (χ0) is 21.6. The van der Waals surface area contributed by atoms with Crippen molar-refractivity contribution < 1.29 is 4.74 Å². The normalized spacial score (nSPS) is 11.8. The molecule has 0 fully saturated rings. The van der Waals surface area contributed by atoms with Crippen molar-refractivity contribution in [2.24, 2.45) is 0 Å². The van der Waals surface area contributed by atoms with Crippen molar-refractivity contribution in [1.82, 2.24) is 19.2 Å². The Bertz CT molecular complexity index is 1220. The molecule has 5 heteroatoms. The molecule has 0 spiro atoms. The van der Waals surface area contributed by atoms with E-state index in [0.29, 0.717) is 0 Å². The molecule has 4 aromatic rings. The van der Waals surface area contributed by atoms with Crippen molar-refractivity contribution in [2.75, 3.05) is 13.7 Å². The molecule has 4 rings (SSSR count). The quantitative estimate of drug-likeness (QED) is 0.399. The van der Waals surface area contributed by atoms with Gasteiger partial charge in [0.1, 0.15) is 5.65 Å². The Morgan fingerprint density at radius 3 is 2.27 bits per heavy atom. The van der Waals surface area contributed by atoms with Gasteiger partial charge in [-0.3, -0.25) is 0 Å². The molecule has 3 aromatic heterocycles. The second-order valence-corrected chi connectivity index (χ2v) is 8.39. The molecule has 0 aliphatic heterocycles. The van der Waals surface area contributed by atoms with E-state index in [1.165, 1.54) is 33.3 Å². The van der Waals surface area contributed by atoms with Crippen LogP contribution >= 0.6 is 0 Å². The van der Waals surface area contributed by atoms with Crippen LogP contribution in [-0.4, -0.2) is 32.9 Å². The summed E-state index contributed by atoms with van der Waals surface area (Å²) in [5.74, 6) is 0. The lowest BCUT2D eigenvalue weighted by Gasteiger charge is -2.12. The van der Waals surface area contributed by atoms with Crippen molar-refractivity contribution >= 4 is 16.7 Å². The number of nitrogens with zero attached hydrogens (tertiary/aromatic N) is 4. The molecule has 30 heavy (non-hydrogen) atoms. The van der Waals surface area contributed by atoms with Crippen molar-refractivity contribution in [3.05, 3.63) is 52.0 Å². The maximum atomic E-state index is 5.31. The average molecular weight is 405 g/mol. The van der Waals surface area contributed by atoms with E-state index in [4.69, 9.17) is 14.8 Å². The van der Waals surface area contributed by atoms with Crippen LogP contribution in [0.4, 0.5) is 0 Å². The molecule has 0 atom stereocenters. The minimum absolute atomic E-state index is 0.751. The Morgan fingerprint density at radius 2 is 1.63 bits per heavy atom. The van der Waals surface area contributed by atoms with Crippen LogP contribution in [0.5, 0.6) is 0 Å². The standard InChI is InChI=1S/C25H32N4O/c1-8-20-14-21-18(5)26-24-23(22-16(3)12-15(2)13-17(22)4)19(6)27-29(24)25(21)28(20)10-9-11-30-7/h12-14H,8-11H2,1-7H3. The first-order valence-corrected chi connectivity index (χ1v) is 10.8. The first-order valence-electron chi connectivity index (χ1n) is 10.8. The monoisotopic (exact) mass is 404 g/mol. The molecule has 158 valence electrons. The minimum atomic E-state index is 0.751. The zero-order valence-electron chi connectivity index (χ0n) is 19.3. The Morgan fingerprint density at radius 1 is 0.933 bits per heavy atom. The van der Waals surface area contributed by atoms with E-state index < -0.39 is 0 Å². The molecule has 1 aromatic carbocycles. The third kappa shape index (κ3) is 3.21. The Kier molecular flexibility index (Phi) is 5.41. The summed E-state index contributed by atoms with van der Waals surface area (Å²) in [5, 5.41) is 6.19. The third-order valence-electron chi connectivity index (χ3n) is 6.07. The predicted molar refractivity (Wildman–Crippen MR) is 123 cm³/mol. The zero-order valence-corrected chi connectivity index (χ0v) is 19.3. The second kappa shape index (κ2) is 7.88. The van der Waals surface area contributed by atoms with Crippen molar-refractivity contribution in [3.8, 4) is 11.1 Å². The smallest absolute Gasteiger partial charge is 0.165 e. The number of aryl methyl sites for hydroxylation is 7. The van der Waals surface area contributed by atoms with Crippen LogP contribution in [0.25, 0.3) is 27.8 Å². The van der Waals surface area contributed by atoms with Gasteiger partial charge in [-0.25, -0.2) is 4.98 Å². The van der Waals surface area contributed by atoms with Gasteiger partial charge in [0.15, 0.2) is 5.65 Å². The fraction of sp³-hybridized carbons (Fsp3) is 0.440. The molecule has 5 nitrogen and oxygen atoms in total. The molecule has 0 bridgehead atoms. The number of fused-ring (bicyclic) bond motifs is 3. The highest BCUT2D eigenvalue weighted by Gasteiger charge is 2.22. The van der Waals surface area contributed by atoms with Gasteiger partial charge in [-0.1, -0.05) is 24.6 Å². The summed E-state index contributed by atoms with van der Waals surface area (Å²) < 4.78 is 9.78. The third-order valence-corrected chi connectivity index (χ3v) is 6.07. The van der Waals surface area contributed by atoms with E-state index in [9.17, 15) is 0 Å². The fourth-order valence-corrected chi connectivity index (χ4v) is 4.85. The lowest BCUT2D eigenvalue weighted by Crippen LogP contribution is -2.08. The molecule has 0 amide bonds. The summed E-state index contributed by atoms with van der Waals surface area (Å²) in [7, 11) is 1.76. The minimum Gasteiger partial charge on any atom is -0.385 e. The maximum absolute atomic E-state index is 5.31. The highest BCUT2D eigenvalue weighted by molar-refractivity contribution is 5.90. The van der Waals surface area contributed by atoms with Gasteiger partial charge in [0.2, 0.25) is 0 Å². The van der Waals surface area contributed by atoms with Gasteiger partial charge in [-0.15, -0.1) is 0 Å². The summed E-state index contributed by atoms with van der Waals surface area (Å²) in [5.41, 5.74) is 11.7. The van der Waals surface area contributed by atoms with Crippen LogP contribution in [0.15, 0.2) is 18.2 Å². The van der Waals surface area contributed by atoms with Crippen LogP contribution in [0.2, 0.25) is 0 Å². The number of methoxy groups -OCH3 is 1. The lowest BCUT2D eigenvalue weighted by molar-refractivity contribution is 0.190. The second-order valence-electron chi connectivity index (χ2n) is 8.39. The number of benzene rings is 1. The van der Waals surface area contributed by atoms with Gasteiger partial charge >= 0.3 is 0 Å². The van der Waals surface area contributed by atoms with Gasteiger partial charge in [-0.05, 0) is 70.2 Å². The van der Waals surface area contributed by atoms with Crippen LogP contribution in [0.3, 0.4) is 0 Å². The molecule has 0 aliphatic carbocycles. The van der Waals surface area contributed by atoms with Gasteiger partial charge in [-0.2, -0.15) is 9.61 Å². The van der Waals surface area contributed by atoms with E-state index in [1.54, 1.807) is 7.11 Å². The van der Waals surface area contributed by atoms with Gasteiger partial charge < -0.3 is 9.30 Å². The van der Waals surface area contributed by atoms with Crippen LogP contribution < -0.4 is 0 Å². The molecule has 0 aliphatic rings. The van der Waals surface area contributed by atoms with Gasteiger partial charge in [0.25, 0.3) is 0 Å². The molecule has 0 saturated carbocycles. The van der Waals surface area contributed by atoms with Crippen molar-refractivity contribution in [3.63, 3.8) is 0 Å². The van der Waals surface area contributed by atoms with E-state index in [1.807, 2.05) is 0 Å². The van der Waals surface area contributed by atoms with E-state index >= 15 is 0 Å². The predicted octanol–water partition coefficient (Wildman–Crippen LogP) is 5.49. The highest BCUT2D eigenvalue weighted by Crippen LogP contribution is 2.35. The molecule has 0 radical (unpaired) electrons. The van der Waals surface area contributed by atoms with E-state index in [0.717, 1.165) is 54.2 Å². The van der Waals surface area contributed by atoms with Gasteiger partial charge in [0.05, 0.1) is 17.0 Å². The Balaban J connectivity index is 2.05. The average Bonchev–Trinajstić information content (AvgIpc) is 3.20. The van der Waals surface area contributed by atoms with Crippen LogP contribution in [0, 0.1) is 34.6 Å². The largest absolute Gasteiger partial charge is 0.385 e. The molecular weight excluding hydrogens is 372 g/mol. The summed E-state index contributed by atoms with van der Waals surface area (Å²) in [6.45, 7) is 14.6. The number of ether oxygens (including phenoxy) is 1. The molecule has 0 unspecified atom stereocenters. The first-order chi connectivity index (χ1) is 14.4. The summed E-state index contributed by atoms with van der Waals surface area (Å²) >= 11 is 0. The lowest BCUT2D eigenvalue weighted by atomic mass is 9.94. The topological polar surface area (TPSA) is 44.4 Å². The molecular formula is C25H32N4O. The highest BCUT2D eigenvalue weighted by atomic mass is 16.5. The van der Waals surface area contributed by atoms with Crippen molar-refractivity contribution in [2.45, 2.75) is 60.9 Å². The van der Waals surface area contributed by atoms with E-state index in [-0.39, 0.29) is 0 Å². The number of rotatable bonds is 6. The number of hydrogen-bond donors (Lipinski definition) is 0. The Labute approximate surface area is 178 Å². The SMILES string of the molecule is CCc1cc2c(C)nc3c(-c4c(C)cc(C)cc4C)c(C)nn3c2n1CCCOC. The van der Waals surface area contributed by atoms with Crippen LogP contribution in [0.1, 0.15) is 47.1 Å². The maximum Gasteiger partial charge on any atom is 0.165 e.